The van der Waals surface area contributed by atoms with Gasteiger partial charge >= 0.3 is 5.97 Å². The molecule has 0 bridgehead atoms. The maximum Gasteiger partial charge on any atom is 0.320 e. The zero-order chi connectivity index (χ0) is 24.4. The third kappa shape index (κ3) is 7.81. The molecule has 0 spiro atoms. The summed E-state index contributed by atoms with van der Waals surface area (Å²) < 4.78 is 0. The molecule has 2 atom stereocenters. The summed E-state index contributed by atoms with van der Waals surface area (Å²) in [6.45, 7) is -0.484. The van der Waals surface area contributed by atoms with Gasteiger partial charge in [-0.1, -0.05) is 12.1 Å². The number of hydrogen-bond donors (Lipinski definition) is 11. The molecule has 0 saturated carbocycles. The molecule has 0 radical (unpaired) electrons. The maximum absolute atomic E-state index is 11.2. The van der Waals surface area contributed by atoms with E-state index in [2.05, 4.69) is 10.9 Å². The van der Waals surface area contributed by atoms with Gasteiger partial charge < -0.3 is 47.2 Å². The fourth-order valence-electron chi connectivity index (χ4n) is 2.19. The topological polar surface area (TPSA) is 252 Å². The smallest absolute Gasteiger partial charge is 0.320 e. The van der Waals surface area contributed by atoms with E-state index < -0.39 is 47.8 Å². The van der Waals surface area contributed by atoms with Gasteiger partial charge in [0, 0.05) is 12.1 Å². The van der Waals surface area contributed by atoms with E-state index in [0.717, 1.165) is 0 Å². The number of carboxylic acids is 1. The number of carboxylic acid groups (broad SMARTS) is 1. The van der Waals surface area contributed by atoms with Crippen molar-refractivity contribution in [1.82, 2.24) is 10.9 Å². The second kappa shape index (κ2) is 12.2. The van der Waals surface area contributed by atoms with Crippen LogP contribution in [-0.2, 0) is 22.6 Å². The van der Waals surface area contributed by atoms with E-state index in [4.69, 9.17) is 37.0 Å². The number of carbonyl (C=O) groups is 2. The Morgan fingerprint density at radius 1 is 0.875 bits per heavy atom. The van der Waals surface area contributed by atoms with Crippen LogP contribution >= 0.6 is 0 Å². The highest BCUT2D eigenvalue weighted by Crippen LogP contribution is 2.36. The highest BCUT2D eigenvalue weighted by molar-refractivity contribution is 5.81. The Balaban J connectivity index is 0.000000330. The minimum absolute atomic E-state index is 0.00353. The first-order chi connectivity index (χ1) is 15.0. The molecule has 1 amide bonds. The number of nitrogens with one attached hydrogen (secondary N) is 2. The van der Waals surface area contributed by atoms with Gasteiger partial charge in [0.1, 0.15) is 12.1 Å². The standard InChI is InChI=1S/C10H15N3O5.C9H11NO4/c11-6(4-14)10(18)13-12-3-5-1-2-7(15)9(17)8(5)16;10-6(9(13)14)3-5-1-2-7(11)8(12)4-5/h1-2,6,12,14-17H,3-4,11H2,(H,13,18);1-2,4,6,11-12H,3,10H2,(H,13,14)/t2*6-/m00/s1. The molecule has 2 aromatic carbocycles. The number of aromatic hydroxyl groups is 5. The predicted molar refractivity (Wildman–Crippen MR) is 111 cm³/mol. The van der Waals surface area contributed by atoms with Gasteiger partial charge in [0.2, 0.25) is 5.75 Å². The summed E-state index contributed by atoms with van der Waals surface area (Å²) in [6.07, 6.45) is 0.114. The van der Waals surface area contributed by atoms with Gasteiger partial charge in [0.05, 0.1) is 6.61 Å². The molecule has 0 aliphatic heterocycles. The number of carbonyl (C=O) groups excluding carboxylic acids is 1. The largest absolute Gasteiger partial charge is 0.504 e. The van der Waals surface area contributed by atoms with Gasteiger partial charge in [-0.2, -0.15) is 0 Å². The van der Waals surface area contributed by atoms with E-state index in [1.807, 2.05) is 0 Å². The molecule has 0 aromatic heterocycles. The van der Waals surface area contributed by atoms with Crippen LogP contribution in [0.2, 0.25) is 0 Å². The van der Waals surface area contributed by atoms with E-state index in [9.17, 15) is 19.8 Å². The monoisotopic (exact) mass is 454 g/mol. The first-order valence-corrected chi connectivity index (χ1v) is 9.09. The van der Waals surface area contributed by atoms with Gasteiger partial charge in [0.25, 0.3) is 5.91 Å². The molecule has 13 nitrogen and oxygen atoms in total. The van der Waals surface area contributed by atoms with E-state index in [-0.39, 0.29) is 30.0 Å². The molecule has 2 aromatic rings. The molecule has 0 saturated heterocycles. The van der Waals surface area contributed by atoms with Crippen molar-refractivity contribution in [2.75, 3.05) is 6.61 Å². The summed E-state index contributed by atoms with van der Waals surface area (Å²) in [7, 11) is 0. The lowest BCUT2D eigenvalue weighted by molar-refractivity contribution is -0.138. The van der Waals surface area contributed by atoms with Crippen LogP contribution in [0, 0.1) is 0 Å². The van der Waals surface area contributed by atoms with Crippen LogP contribution in [0.3, 0.4) is 0 Å². The molecule has 2 rings (SSSR count). The fraction of sp³-hybridized carbons (Fsp3) is 0.263. The van der Waals surface area contributed by atoms with Crippen molar-refractivity contribution < 1.29 is 45.3 Å². The normalized spacial score (nSPS) is 12.2. The number of benzene rings is 2. The van der Waals surface area contributed by atoms with Crippen molar-refractivity contribution in [3.8, 4) is 28.7 Å². The summed E-state index contributed by atoms with van der Waals surface area (Å²) in [5.41, 5.74) is 16.0. The number of aliphatic hydroxyl groups excluding tert-OH is 1. The summed E-state index contributed by atoms with van der Waals surface area (Å²) >= 11 is 0. The molecule has 0 fully saturated rings. The quantitative estimate of drug-likeness (QED) is 0.158. The maximum atomic E-state index is 11.2. The Bertz CT molecular complexity index is 939. The summed E-state index contributed by atoms with van der Waals surface area (Å²) in [5.74, 6) is -3.78. The van der Waals surface area contributed by atoms with Crippen LogP contribution in [0.1, 0.15) is 11.1 Å². The van der Waals surface area contributed by atoms with Gasteiger partial charge in [-0.05, 0) is 30.2 Å². The first kappa shape index (κ1) is 26.3. The third-order valence-corrected chi connectivity index (χ3v) is 4.05. The Kier molecular flexibility index (Phi) is 9.98. The zero-order valence-corrected chi connectivity index (χ0v) is 16.8. The molecule has 13 heteroatoms. The SMILES string of the molecule is N[C@@H](CO)C(=O)NNCc1ccc(O)c(O)c1O.N[C@@H](Cc1ccc(O)c(O)c1)C(=O)O. The number of aliphatic hydroxyl groups is 1. The van der Waals surface area contributed by atoms with E-state index in [0.29, 0.717) is 5.56 Å². The zero-order valence-electron chi connectivity index (χ0n) is 16.8. The average Bonchev–Trinajstić information content (AvgIpc) is 2.75. The number of aliphatic carboxylic acids is 1. The molecule has 0 aliphatic rings. The van der Waals surface area contributed by atoms with Crippen molar-refractivity contribution in [3.05, 3.63) is 41.5 Å². The molecular weight excluding hydrogens is 428 g/mol. The number of phenolic OH excluding ortho intramolecular Hbond substituents is 5. The molecule has 176 valence electrons. The van der Waals surface area contributed by atoms with Gasteiger partial charge in [0.15, 0.2) is 23.0 Å². The molecule has 13 N–H and O–H groups in total. The number of nitrogens with two attached hydrogens (primary N) is 2. The minimum Gasteiger partial charge on any atom is -0.504 e. The lowest BCUT2D eigenvalue weighted by Gasteiger charge is -2.12. The van der Waals surface area contributed by atoms with E-state index in [1.165, 1.54) is 30.3 Å². The molecule has 0 unspecified atom stereocenters. The average molecular weight is 454 g/mol. The van der Waals surface area contributed by atoms with Crippen LogP contribution in [0.25, 0.3) is 0 Å². The molecule has 0 aliphatic carbocycles. The lowest BCUT2D eigenvalue weighted by Crippen LogP contribution is -2.48. The number of rotatable bonds is 8. The van der Waals surface area contributed by atoms with Crippen molar-refractivity contribution in [1.29, 1.82) is 0 Å². The van der Waals surface area contributed by atoms with Crippen LogP contribution < -0.4 is 22.3 Å². The van der Waals surface area contributed by atoms with Crippen LogP contribution in [0.5, 0.6) is 28.7 Å². The van der Waals surface area contributed by atoms with E-state index >= 15 is 0 Å². The Morgan fingerprint density at radius 3 is 2.06 bits per heavy atom. The van der Waals surface area contributed by atoms with Gasteiger partial charge in [-0.25, -0.2) is 5.43 Å². The summed E-state index contributed by atoms with van der Waals surface area (Å²) in [4.78, 5) is 21.6. The summed E-state index contributed by atoms with van der Waals surface area (Å²) in [5, 5.41) is 63.1. The van der Waals surface area contributed by atoms with Crippen LogP contribution in [0.4, 0.5) is 0 Å². The third-order valence-electron chi connectivity index (χ3n) is 4.05. The second-order valence-electron chi connectivity index (χ2n) is 6.54. The number of hydrogen-bond acceptors (Lipinski definition) is 11. The number of hydrazine groups is 1. The van der Waals surface area contributed by atoms with Crippen LogP contribution in [0.15, 0.2) is 30.3 Å². The molecule has 0 heterocycles. The molecular formula is C19H26N4O9. The Morgan fingerprint density at radius 2 is 1.50 bits per heavy atom. The molecule has 32 heavy (non-hydrogen) atoms. The number of amides is 1. The highest BCUT2D eigenvalue weighted by atomic mass is 16.4. The van der Waals surface area contributed by atoms with Crippen molar-refractivity contribution in [3.63, 3.8) is 0 Å². The highest BCUT2D eigenvalue weighted by Gasteiger charge is 2.14. The van der Waals surface area contributed by atoms with Crippen molar-refractivity contribution >= 4 is 11.9 Å². The predicted octanol–water partition coefficient (Wildman–Crippen LogP) is -1.70. The Hall–Kier alpha value is -3.78. The van der Waals surface area contributed by atoms with Crippen LogP contribution in [-0.4, -0.2) is 66.3 Å². The summed E-state index contributed by atoms with van der Waals surface area (Å²) in [6, 6.07) is 4.62. The fourth-order valence-corrected chi connectivity index (χ4v) is 2.19. The second-order valence-corrected chi connectivity index (χ2v) is 6.54. The number of phenols is 5. The van der Waals surface area contributed by atoms with Crippen molar-refractivity contribution in [2.45, 2.75) is 25.0 Å². The van der Waals surface area contributed by atoms with Gasteiger partial charge in [-0.15, -0.1) is 0 Å². The van der Waals surface area contributed by atoms with Crippen molar-refractivity contribution in [2.24, 2.45) is 11.5 Å². The Labute approximate surface area is 182 Å². The van der Waals surface area contributed by atoms with Gasteiger partial charge in [-0.3, -0.25) is 15.0 Å². The lowest BCUT2D eigenvalue weighted by atomic mass is 10.1. The minimum atomic E-state index is -1.10. The van der Waals surface area contributed by atoms with E-state index in [1.54, 1.807) is 0 Å². The first-order valence-electron chi connectivity index (χ1n) is 9.09.